The van der Waals surface area contributed by atoms with Crippen LogP contribution < -0.4 is 33.8 Å². The molecule has 0 bridgehead atoms. The van der Waals surface area contributed by atoms with Gasteiger partial charge in [-0.2, -0.15) is 10.5 Å². The van der Waals surface area contributed by atoms with E-state index < -0.39 is 11.9 Å². The van der Waals surface area contributed by atoms with Crippen molar-refractivity contribution < 1.29 is 28.9 Å². The number of hydrogen-bond donors (Lipinski definition) is 8. The molecule has 6 saturated heterocycles. The number of methoxy groups -OCH3 is 1. The summed E-state index contributed by atoms with van der Waals surface area (Å²) in [6.45, 7) is 26.5. The number of nitriles is 2. The lowest BCUT2D eigenvalue weighted by molar-refractivity contribution is -0.146. The number of piperidine rings is 6. The molecule has 0 aromatic carbocycles. The van der Waals surface area contributed by atoms with Gasteiger partial charge in [-0.3, -0.25) is 19.8 Å². The highest BCUT2D eigenvalue weighted by Crippen LogP contribution is 2.29. The molecule has 3 aromatic rings. The number of carbonyl (C=O) groups is 2. The number of aliphatic hydroxyl groups is 1. The van der Waals surface area contributed by atoms with E-state index in [1.54, 1.807) is 40.9 Å². The smallest absolute Gasteiger partial charge is 0.323 e. The number of rotatable bonds is 21. The number of aryl methyl sites for hydroxylation is 3. The summed E-state index contributed by atoms with van der Waals surface area (Å²) in [5.74, 6) is 6.75. The van der Waals surface area contributed by atoms with Crippen LogP contribution in [0.1, 0.15) is 183 Å². The van der Waals surface area contributed by atoms with Crippen LogP contribution in [0.2, 0.25) is 10.3 Å². The number of halogens is 2. The molecule has 0 radical (unpaired) electrons. The first-order chi connectivity index (χ1) is 49.1. The molecule has 1 atom stereocenters. The second kappa shape index (κ2) is 54.6. The third kappa shape index (κ3) is 42.1. The normalized spacial score (nSPS) is 17.9. The van der Waals surface area contributed by atoms with Gasteiger partial charge in [0.25, 0.3) is 5.56 Å². The minimum atomic E-state index is -0.574. The fourth-order valence-electron chi connectivity index (χ4n) is 13.1. The molecule has 6 aliphatic rings. The Kier molecular flexibility index (Phi) is 49.4. The molecule has 9 rings (SSSR count). The molecule has 6 fully saturated rings. The molecule has 1 unspecified atom stereocenters. The lowest BCUT2D eigenvalue weighted by Gasteiger charge is -2.29. The highest BCUT2D eigenvalue weighted by Gasteiger charge is 2.25. The molecular formula is C75H133Cl2N19O7. The Morgan fingerprint density at radius 3 is 1.27 bits per heavy atom. The van der Waals surface area contributed by atoms with E-state index in [1.807, 2.05) is 6.92 Å². The lowest BCUT2D eigenvalue weighted by atomic mass is 9.89. The Hall–Kier alpha value is -5.91. The summed E-state index contributed by atoms with van der Waals surface area (Å²) < 4.78 is 14.4. The van der Waals surface area contributed by atoms with E-state index in [0.29, 0.717) is 88.9 Å². The number of anilines is 3. The highest BCUT2D eigenvalue weighted by molar-refractivity contribution is 6.30. The van der Waals surface area contributed by atoms with Gasteiger partial charge in [0.2, 0.25) is 0 Å². The maximum absolute atomic E-state index is 11.8. The number of likely N-dealkylation sites (tertiary alicyclic amines) is 5. The monoisotopic (exact) mass is 1480 g/mol. The minimum Gasteiger partial charge on any atom is -0.465 e. The van der Waals surface area contributed by atoms with Crippen LogP contribution in [0.3, 0.4) is 0 Å². The number of nitrogens with one attached hydrogen (secondary N) is 3. The van der Waals surface area contributed by atoms with Gasteiger partial charge in [0.05, 0.1) is 36.8 Å². The number of carbonyl (C=O) groups excluding carboxylic acids is 2. The van der Waals surface area contributed by atoms with E-state index in [4.69, 9.17) is 76.6 Å². The molecule has 0 saturated carbocycles. The van der Waals surface area contributed by atoms with Crippen molar-refractivity contribution in [3.63, 3.8) is 0 Å². The molecule has 0 spiro atoms. The maximum Gasteiger partial charge on any atom is 0.323 e. The number of nitrogens with two attached hydrogens (primary N) is 4. The quantitative estimate of drug-likeness (QED) is 0.0213. The number of esters is 2. The summed E-state index contributed by atoms with van der Waals surface area (Å²) in [5.41, 5.74) is 24.7. The summed E-state index contributed by atoms with van der Waals surface area (Å²) in [6.07, 6.45) is 24.6. The molecule has 9 heterocycles. The zero-order valence-corrected chi connectivity index (χ0v) is 66.5. The fourth-order valence-corrected chi connectivity index (χ4v) is 13.7. The van der Waals surface area contributed by atoms with Crippen molar-refractivity contribution in [2.45, 2.75) is 189 Å². The molecule has 6 aliphatic heterocycles. The van der Waals surface area contributed by atoms with Gasteiger partial charge in [-0.25, -0.2) is 24.9 Å². The van der Waals surface area contributed by atoms with Crippen LogP contribution in [0.15, 0.2) is 4.79 Å². The van der Waals surface area contributed by atoms with E-state index in [9.17, 15) is 14.4 Å². The summed E-state index contributed by atoms with van der Waals surface area (Å²) in [5, 5.41) is 36.2. The van der Waals surface area contributed by atoms with Crippen molar-refractivity contribution in [3.8, 4) is 12.1 Å². The van der Waals surface area contributed by atoms with E-state index in [1.165, 1.54) is 130 Å². The van der Waals surface area contributed by atoms with Gasteiger partial charge in [0.15, 0.2) is 0 Å². The van der Waals surface area contributed by atoms with Crippen LogP contribution in [0.25, 0.3) is 0 Å². The molecule has 584 valence electrons. The number of ether oxygens (including phenoxy) is 3. The predicted octanol–water partition coefficient (Wildman–Crippen LogP) is 9.47. The molecule has 26 nitrogen and oxygen atoms in total. The first kappa shape index (κ1) is 93.2. The standard InChI is InChI=1S/C13H21ClN4.C13H22N4O.C13H22N2O2.C12H19ClN4.C9H19NO.C8H17NO.C5H7NO2.C2H6N2/c1-9-16-12(14)11(13(15)17-9)4-3-10-5-7-18(2)8-6-10;1-9-15-12(14)11(13(18)16-9)4-3-10-5-7-17(2)8-6-10;1-3-17-13(16)12(10-14)5-4-11-6-8-15(2)9-7-11;1-8-16-11(13)10(12(14)17-8)3-2-9-4-6-15-7-5-9;1-10-6-3-9(4-7-10)5-8-11-2;1-9-5-2-8(3-6-9)4-7-10;1-2-8-5(7)3-4-6;1-2(3)4/h10H,3-8H2,1-2H3,(H2,15,16,17);10H,3-8H2,1-2H3,(H3,14,15,16,18);11-12H,3-9H2,1-2H3;9,15H,2-7H2,1H3,(H2,14,16,17);9H,3-8H2,1-2H3;8,10H,2-7H2,1H3;2-3H2,1H3;1H3,(H3,3,4). The van der Waals surface area contributed by atoms with Gasteiger partial charge < -0.3 is 77.1 Å². The number of H-pyrrole nitrogens is 1. The Bertz CT molecular complexity index is 2910. The maximum atomic E-state index is 11.8. The average Bonchev–Trinajstić information content (AvgIpc) is 0.858. The Morgan fingerprint density at radius 2 is 0.932 bits per heavy atom. The number of hydrogen-bond acceptors (Lipinski definition) is 24. The van der Waals surface area contributed by atoms with Crippen molar-refractivity contribution in [1.82, 2.24) is 59.7 Å². The van der Waals surface area contributed by atoms with Gasteiger partial charge in [-0.15, -0.1) is 0 Å². The van der Waals surface area contributed by atoms with E-state index >= 15 is 0 Å². The number of amidine groups is 1. The third-order valence-electron chi connectivity index (χ3n) is 19.8. The number of nitrogens with zero attached hydrogens (tertiary/aromatic N) is 12. The van der Waals surface area contributed by atoms with Gasteiger partial charge in [-0.05, 0) is 332 Å². The highest BCUT2D eigenvalue weighted by atomic mass is 35.5. The largest absolute Gasteiger partial charge is 0.465 e. The van der Waals surface area contributed by atoms with Gasteiger partial charge >= 0.3 is 11.9 Å². The Balaban J connectivity index is 0.000000411. The molecule has 3 aromatic heterocycles. The summed E-state index contributed by atoms with van der Waals surface area (Å²) in [6, 6.07) is 3.73. The van der Waals surface area contributed by atoms with E-state index in [0.717, 1.165) is 132 Å². The lowest BCUT2D eigenvalue weighted by Crippen LogP contribution is -2.30. The molecule has 28 heteroatoms. The average molecular weight is 1480 g/mol. The van der Waals surface area contributed by atoms with Crippen LogP contribution >= 0.6 is 23.2 Å². The minimum absolute atomic E-state index is 0.0760. The molecule has 12 N–H and O–H groups in total. The van der Waals surface area contributed by atoms with Crippen LogP contribution in [-0.4, -0.2) is 225 Å². The topological polar surface area (TPSA) is 383 Å². The number of nitrogen functional groups attached to an aromatic ring is 3. The second-order valence-corrected chi connectivity index (χ2v) is 29.3. The van der Waals surface area contributed by atoms with Gasteiger partial charge in [-0.1, -0.05) is 23.2 Å². The fraction of sp³-hybridized carbons (Fsp3) is 0.773. The summed E-state index contributed by atoms with van der Waals surface area (Å²) in [7, 11) is 12.6. The van der Waals surface area contributed by atoms with Crippen LogP contribution in [-0.2, 0) is 43.1 Å². The summed E-state index contributed by atoms with van der Waals surface area (Å²) >= 11 is 12.2. The first-order valence-electron chi connectivity index (χ1n) is 37.7. The van der Waals surface area contributed by atoms with E-state index in [-0.39, 0.29) is 23.8 Å². The number of aromatic amines is 1. The predicted molar refractivity (Wildman–Crippen MR) is 416 cm³/mol. The zero-order chi connectivity index (χ0) is 76.7. The molecule has 0 aliphatic carbocycles. The first-order valence-corrected chi connectivity index (χ1v) is 38.5. The van der Waals surface area contributed by atoms with Crippen molar-refractivity contribution in [2.75, 3.05) is 165 Å². The van der Waals surface area contributed by atoms with E-state index in [2.05, 4.69) is 106 Å². The van der Waals surface area contributed by atoms with Crippen LogP contribution in [0, 0.1) is 90.3 Å². The Labute approximate surface area is 627 Å². The SMILES string of the molecule is CC(=N)N.CCOC(=O)C(C#N)CCC1CCN(C)CC1.CCOC(=O)CC#N.CN1CCC(CCO)CC1.COCCC1CCN(C)CC1.Cc1nc(N)c(CCC2CCN(C)CC2)c(=O)[nH]1.Cc1nc(N)c(CCC2CCN(C)CC2)c(Cl)n1.Cc1nc(N)c(CCC2CCNCC2)c(Cl)n1. The number of aromatic nitrogens is 6. The van der Waals surface area contributed by atoms with Crippen LogP contribution in [0.4, 0.5) is 17.5 Å². The number of aliphatic hydroxyl groups excluding tert-OH is 1. The summed E-state index contributed by atoms with van der Waals surface area (Å²) in [4.78, 5) is 68.8. The second-order valence-electron chi connectivity index (χ2n) is 28.5. The van der Waals surface area contributed by atoms with Gasteiger partial charge in [0.1, 0.15) is 57.6 Å². The van der Waals surface area contributed by atoms with Crippen LogP contribution in [0.5, 0.6) is 0 Å². The Morgan fingerprint density at radius 1 is 0.583 bits per heavy atom. The molecule has 103 heavy (non-hydrogen) atoms. The van der Waals surface area contributed by atoms with Crippen molar-refractivity contribution in [1.29, 1.82) is 15.9 Å². The van der Waals surface area contributed by atoms with Crippen molar-refractivity contribution in [2.24, 2.45) is 47.2 Å². The van der Waals surface area contributed by atoms with Crippen molar-refractivity contribution in [3.05, 3.63) is 54.8 Å². The molecule has 0 amide bonds. The van der Waals surface area contributed by atoms with Gasteiger partial charge in [0, 0.05) is 31.5 Å². The van der Waals surface area contributed by atoms with Crippen molar-refractivity contribution >= 4 is 58.4 Å². The third-order valence-corrected chi connectivity index (χ3v) is 20.4. The zero-order valence-electron chi connectivity index (χ0n) is 64.9. The molecular weight excluding hydrogens is 1350 g/mol.